The van der Waals surface area contributed by atoms with Crippen molar-refractivity contribution in [2.45, 2.75) is 66.2 Å². The molecule has 172 valence electrons. The number of fused-ring (bicyclic) bond motifs is 2. The molecule has 0 aliphatic rings. The van der Waals surface area contributed by atoms with Crippen molar-refractivity contribution in [2.24, 2.45) is 0 Å². The first-order valence-corrected chi connectivity index (χ1v) is 12.4. The summed E-state index contributed by atoms with van der Waals surface area (Å²) in [7, 11) is 0. The van der Waals surface area contributed by atoms with Crippen LogP contribution in [0.3, 0.4) is 0 Å². The average Bonchev–Trinajstić information content (AvgIpc) is 3.18. The quantitative estimate of drug-likeness (QED) is 0.297. The number of rotatable bonds is 0. The molecule has 0 unspecified atom stereocenters. The van der Waals surface area contributed by atoms with Crippen molar-refractivity contribution >= 4 is 25.8 Å². The van der Waals surface area contributed by atoms with E-state index in [0.29, 0.717) is 0 Å². The second-order valence-electron chi connectivity index (χ2n) is 10.1. The summed E-state index contributed by atoms with van der Waals surface area (Å²) in [5.74, 6) is 0. The van der Waals surface area contributed by atoms with Crippen LogP contribution in [-0.2, 0) is 35.1 Å². The van der Waals surface area contributed by atoms with Gasteiger partial charge < -0.3 is 24.8 Å². The van der Waals surface area contributed by atoms with Gasteiger partial charge in [0.1, 0.15) is 0 Å². The molecule has 0 aromatic heterocycles. The third kappa shape index (κ3) is 6.99. The number of hydrogen-bond donors (Lipinski definition) is 0. The minimum Gasteiger partial charge on any atom is -1.00 e. The SMILES string of the molecule is Cc1[cH-]c2ccccc2c1C(C)(C)C.Cc1[cH-]c2ccccc2c1C(C)(C)C.[CH2]=[Zr+2].[Cl-].[Cl-]. The monoisotopic (exact) mass is 544 g/mol. The predicted octanol–water partition coefficient (Wildman–Crippen LogP) is 2.30. The Morgan fingerprint density at radius 2 is 0.875 bits per heavy atom. The van der Waals surface area contributed by atoms with Crippen molar-refractivity contribution < 1.29 is 49.0 Å². The molecular formula is C29H36Cl2Zr-2. The Hall–Kier alpha value is -1.01. The van der Waals surface area contributed by atoms with E-state index in [1.807, 2.05) is 0 Å². The minimum atomic E-state index is 0. The van der Waals surface area contributed by atoms with Crippen LogP contribution in [-0.4, -0.2) is 4.21 Å². The molecule has 0 nitrogen and oxygen atoms in total. The van der Waals surface area contributed by atoms with Gasteiger partial charge in [0.15, 0.2) is 0 Å². The summed E-state index contributed by atoms with van der Waals surface area (Å²) in [5.41, 5.74) is 6.30. The molecule has 0 saturated carbocycles. The van der Waals surface area contributed by atoms with Crippen molar-refractivity contribution in [1.82, 2.24) is 0 Å². The van der Waals surface area contributed by atoms with Gasteiger partial charge in [0.2, 0.25) is 0 Å². The molecule has 0 fully saturated rings. The first-order chi connectivity index (χ1) is 14.0. The summed E-state index contributed by atoms with van der Waals surface area (Å²) in [6, 6.07) is 21.9. The molecule has 0 amide bonds. The Labute approximate surface area is 222 Å². The normalized spacial score (nSPS) is 10.9. The van der Waals surface area contributed by atoms with Gasteiger partial charge in [0.25, 0.3) is 0 Å². The Morgan fingerprint density at radius 1 is 0.594 bits per heavy atom. The Bertz CT molecular complexity index is 1030. The van der Waals surface area contributed by atoms with Crippen LogP contribution in [0.5, 0.6) is 0 Å². The van der Waals surface area contributed by atoms with Crippen LogP contribution in [0, 0.1) is 13.8 Å². The number of halogens is 2. The molecule has 4 aromatic carbocycles. The van der Waals surface area contributed by atoms with E-state index in [0.717, 1.165) is 0 Å². The largest absolute Gasteiger partial charge is 1.00 e. The fraction of sp³-hybridized carbons (Fsp3) is 0.345. The van der Waals surface area contributed by atoms with E-state index in [1.165, 1.54) is 68.0 Å². The van der Waals surface area contributed by atoms with Crippen LogP contribution in [0.25, 0.3) is 21.5 Å². The average molecular weight is 547 g/mol. The van der Waals surface area contributed by atoms with Crippen LogP contribution < -0.4 is 24.8 Å². The fourth-order valence-electron chi connectivity index (χ4n) is 4.73. The predicted molar refractivity (Wildman–Crippen MR) is 133 cm³/mol. The standard InChI is InChI=1S/2C14H17.CH2.2ClH.Zr/c2*1-10-9-11-7-5-6-8-12(11)13(10)14(2,3)4;;;;/h2*5-9H,1-4H3;1H2;2*1H;/q2*-1;;;;+2/p-2. The van der Waals surface area contributed by atoms with Gasteiger partial charge in [-0.2, -0.15) is 0 Å². The molecule has 3 heteroatoms. The first-order valence-electron chi connectivity index (χ1n) is 10.7. The molecular weight excluding hydrogens is 510 g/mol. The van der Waals surface area contributed by atoms with Gasteiger partial charge in [0.05, 0.1) is 0 Å². The van der Waals surface area contributed by atoms with Gasteiger partial charge >= 0.3 is 28.4 Å². The van der Waals surface area contributed by atoms with E-state index in [1.54, 1.807) is 0 Å². The van der Waals surface area contributed by atoms with E-state index in [2.05, 4.69) is 120 Å². The van der Waals surface area contributed by atoms with Crippen molar-refractivity contribution in [3.8, 4) is 0 Å². The van der Waals surface area contributed by atoms with Crippen molar-refractivity contribution in [2.75, 3.05) is 0 Å². The summed E-state index contributed by atoms with van der Waals surface area (Å²) in [4.78, 5) is 0. The number of aryl methyl sites for hydroxylation is 2. The molecule has 0 spiro atoms. The zero-order valence-electron chi connectivity index (χ0n) is 20.7. The van der Waals surface area contributed by atoms with Gasteiger partial charge in [-0.15, -0.1) is 92.3 Å². The van der Waals surface area contributed by atoms with Crippen LogP contribution in [0.4, 0.5) is 0 Å². The molecule has 0 heterocycles. The maximum Gasteiger partial charge on any atom is -1.00 e. The van der Waals surface area contributed by atoms with Gasteiger partial charge in [0, 0.05) is 0 Å². The summed E-state index contributed by atoms with van der Waals surface area (Å²) in [6.45, 7) is 18.1. The minimum absolute atomic E-state index is 0. The van der Waals surface area contributed by atoms with Crippen LogP contribution in [0.2, 0.25) is 0 Å². The maximum absolute atomic E-state index is 3.34. The van der Waals surface area contributed by atoms with Crippen LogP contribution in [0.1, 0.15) is 63.8 Å². The van der Waals surface area contributed by atoms with E-state index in [-0.39, 0.29) is 35.6 Å². The van der Waals surface area contributed by atoms with E-state index >= 15 is 0 Å². The first kappa shape index (κ1) is 31.0. The zero-order valence-corrected chi connectivity index (χ0v) is 24.7. The molecule has 0 atom stereocenters. The molecule has 0 radical (unpaired) electrons. The number of benzene rings is 2. The summed E-state index contributed by atoms with van der Waals surface area (Å²) in [5, 5.41) is 5.57. The molecule has 0 aliphatic heterocycles. The topological polar surface area (TPSA) is 0 Å². The van der Waals surface area contributed by atoms with E-state index in [4.69, 9.17) is 0 Å². The van der Waals surface area contributed by atoms with Gasteiger partial charge in [-0.3, -0.25) is 0 Å². The summed E-state index contributed by atoms with van der Waals surface area (Å²) < 4.78 is 3.34. The maximum atomic E-state index is 3.34. The Kier molecular flexibility index (Phi) is 12.1. The summed E-state index contributed by atoms with van der Waals surface area (Å²) in [6.07, 6.45) is 0. The van der Waals surface area contributed by atoms with Gasteiger partial charge in [-0.1, -0.05) is 78.4 Å². The Morgan fingerprint density at radius 3 is 1.16 bits per heavy atom. The molecule has 0 N–H and O–H groups in total. The van der Waals surface area contributed by atoms with Crippen LogP contribution in [0.15, 0.2) is 60.7 Å². The van der Waals surface area contributed by atoms with Crippen molar-refractivity contribution in [1.29, 1.82) is 0 Å². The van der Waals surface area contributed by atoms with Gasteiger partial charge in [-0.25, -0.2) is 0 Å². The zero-order chi connectivity index (χ0) is 22.7. The third-order valence-corrected chi connectivity index (χ3v) is 5.49. The smallest absolute Gasteiger partial charge is 1.00 e. The second-order valence-corrected chi connectivity index (χ2v) is 10.1. The van der Waals surface area contributed by atoms with E-state index < -0.39 is 0 Å². The van der Waals surface area contributed by atoms with Crippen molar-refractivity contribution in [3.63, 3.8) is 0 Å². The molecule has 0 bridgehead atoms. The van der Waals surface area contributed by atoms with E-state index in [9.17, 15) is 0 Å². The van der Waals surface area contributed by atoms with Crippen molar-refractivity contribution in [3.05, 3.63) is 82.9 Å². The molecule has 0 aliphatic carbocycles. The third-order valence-electron chi connectivity index (χ3n) is 5.49. The molecule has 4 rings (SSSR count). The molecule has 32 heavy (non-hydrogen) atoms. The Balaban J connectivity index is 0.000000527. The fourth-order valence-corrected chi connectivity index (χ4v) is 4.73. The molecule has 4 aromatic rings. The number of hydrogen-bond acceptors (Lipinski definition) is 0. The molecule has 0 saturated heterocycles. The van der Waals surface area contributed by atoms with Gasteiger partial charge in [-0.05, 0) is 0 Å². The summed E-state index contributed by atoms with van der Waals surface area (Å²) >= 11 is 1.30. The second kappa shape index (κ2) is 12.5. The van der Waals surface area contributed by atoms with Crippen LogP contribution >= 0.6 is 0 Å².